The molecule has 0 N–H and O–H groups in total. The van der Waals surface area contributed by atoms with Crippen LogP contribution in [-0.2, 0) is 0 Å². The fourth-order valence-corrected chi connectivity index (χ4v) is 10.0. The van der Waals surface area contributed by atoms with Crippen LogP contribution < -0.4 is 10.6 Å². The molecule has 0 amide bonds. The van der Waals surface area contributed by atoms with Crippen molar-refractivity contribution in [2.24, 2.45) is 0 Å². The zero-order valence-electron chi connectivity index (χ0n) is 13.2. The van der Waals surface area contributed by atoms with Gasteiger partial charge in [0.1, 0.15) is 0 Å². The highest BCUT2D eigenvalue weighted by molar-refractivity contribution is 7.74. The standard InChI is InChI=1S/C20H22P2/c1-14-15(2)20-19(13-18(14)21-20)22(16-9-5-3-6-10-16)17-11-7-4-8-12-17/h3-12,18-21H,13H2,1-2H3/t18-,19+,20-/m1/s1. The van der Waals surface area contributed by atoms with Crippen molar-refractivity contribution in [3.8, 4) is 0 Å². The summed E-state index contributed by atoms with van der Waals surface area (Å²) >= 11 is 0. The van der Waals surface area contributed by atoms with E-state index < -0.39 is 0 Å². The van der Waals surface area contributed by atoms with Gasteiger partial charge in [-0.3, -0.25) is 0 Å². The maximum Gasteiger partial charge on any atom is 0.00524 e. The summed E-state index contributed by atoms with van der Waals surface area (Å²) in [5, 5.41) is 3.10. The molecule has 2 heteroatoms. The van der Waals surface area contributed by atoms with Crippen LogP contribution in [0.25, 0.3) is 0 Å². The van der Waals surface area contributed by atoms with Gasteiger partial charge in [0.25, 0.3) is 0 Å². The van der Waals surface area contributed by atoms with E-state index in [1.807, 2.05) is 0 Å². The van der Waals surface area contributed by atoms with Crippen LogP contribution in [0.5, 0.6) is 0 Å². The first-order chi connectivity index (χ1) is 10.8. The Balaban J connectivity index is 1.77. The molecule has 0 radical (unpaired) electrons. The molecule has 2 aliphatic rings. The maximum atomic E-state index is 2.39. The molecule has 2 aromatic carbocycles. The molecule has 2 aromatic rings. The normalized spacial score (nSPS) is 28.0. The summed E-state index contributed by atoms with van der Waals surface area (Å²) in [7, 11) is 0.893. The van der Waals surface area contributed by atoms with Crippen molar-refractivity contribution in [2.45, 2.75) is 37.2 Å². The van der Waals surface area contributed by atoms with Crippen LogP contribution >= 0.6 is 16.5 Å². The minimum atomic E-state index is -0.240. The fraction of sp³-hybridized carbons (Fsp3) is 0.300. The van der Waals surface area contributed by atoms with Crippen molar-refractivity contribution in [2.75, 3.05) is 0 Å². The molecule has 112 valence electrons. The second kappa shape index (κ2) is 5.92. The molecule has 0 nitrogen and oxygen atoms in total. The van der Waals surface area contributed by atoms with Crippen LogP contribution in [0.15, 0.2) is 71.8 Å². The maximum absolute atomic E-state index is 2.39. The molecule has 2 aliphatic heterocycles. The first-order valence-corrected chi connectivity index (χ1v) is 10.6. The van der Waals surface area contributed by atoms with Gasteiger partial charge in [-0.1, -0.05) is 71.8 Å². The smallest absolute Gasteiger partial charge is 0.00524 e. The number of fused-ring (bicyclic) bond motifs is 2. The van der Waals surface area contributed by atoms with Gasteiger partial charge in [-0.15, -0.1) is 8.58 Å². The van der Waals surface area contributed by atoms with Gasteiger partial charge < -0.3 is 0 Å². The quantitative estimate of drug-likeness (QED) is 0.569. The highest BCUT2D eigenvalue weighted by atomic mass is 31.1. The van der Waals surface area contributed by atoms with Gasteiger partial charge >= 0.3 is 0 Å². The second-order valence-corrected chi connectivity index (χ2v) is 10.5. The van der Waals surface area contributed by atoms with E-state index in [9.17, 15) is 0 Å². The van der Waals surface area contributed by atoms with Crippen LogP contribution in [0.3, 0.4) is 0 Å². The summed E-state index contributed by atoms with van der Waals surface area (Å²) in [5.74, 6) is 0. The van der Waals surface area contributed by atoms with E-state index >= 15 is 0 Å². The monoisotopic (exact) mass is 324 g/mol. The van der Waals surface area contributed by atoms with E-state index in [2.05, 4.69) is 74.5 Å². The Morgan fingerprint density at radius 2 is 1.36 bits per heavy atom. The Morgan fingerprint density at radius 3 is 1.82 bits per heavy atom. The summed E-state index contributed by atoms with van der Waals surface area (Å²) in [6, 6.07) is 22.5. The number of rotatable bonds is 3. The lowest BCUT2D eigenvalue weighted by atomic mass is 9.94. The van der Waals surface area contributed by atoms with Crippen LogP contribution in [0.1, 0.15) is 20.3 Å². The van der Waals surface area contributed by atoms with E-state index in [0.717, 1.165) is 25.6 Å². The van der Waals surface area contributed by atoms with Crippen molar-refractivity contribution >= 4 is 27.1 Å². The lowest BCUT2D eigenvalue weighted by molar-refractivity contribution is 0.756. The van der Waals surface area contributed by atoms with Crippen molar-refractivity contribution in [1.29, 1.82) is 0 Å². The molecule has 1 unspecified atom stereocenters. The van der Waals surface area contributed by atoms with E-state index in [4.69, 9.17) is 0 Å². The van der Waals surface area contributed by atoms with E-state index in [1.54, 1.807) is 21.8 Å². The molecule has 2 heterocycles. The van der Waals surface area contributed by atoms with Gasteiger partial charge in [0, 0.05) is 5.66 Å². The zero-order valence-corrected chi connectivity index (χ0v) is 15.1. The number of hydrogen-bond acceptors (Lipinski definition) is 0. The van der Waals surface area contributed by atoms with Gasteiger partial charge in [-0.25, -0.2) is 0 Å². The molecule has 1 fully saturated rings. The Hall–Kier alpha value is -0.960. The molecule has 22 heavy (non-hydrogen) atoms. The zero-order chi connectivity index (χ0) is 15.1. The average molecular weight is 324 g/mol. The first kappa shape index (κ1) is 14.6. The van der Waals surface area contributed by atoms with E-state index in [-0.39, 0.29) is 7.92 Å². The third-order valence-corrected chi connectivity index (χ3v) is 10.7. The molecule has 4 atom stereocenters. The second-order valence-electron chi connectivity index (χ2n) is 6.41. The van der Waals surface area contributed by atoms with Crippen LogP contribution in [0.2, 0.25) is 0 Å². The molecule has 4 rings (SSSR count). The highest BCUT2D eigenvalue weighted by Crippen LogP contribution is 2.62. The highest BCUT2D eigenvalue weighted by Gasteiger charge is 2.46. The van der Waals surface area contributed by atoms with Crippen molar-refractivity contribution in [3.05, 3.63) is 71.8 Å². The Morgan fingerprint density at radius 1 is 0.818 bits per heavy atom. The van der Waals surface area contributed by atoms with Crippen LogP contribution in [0.4, 0.5) is 0 Å². The third kappa shape index (κ3) is 2.38. The van der Waals surface area contributed by atoms with Gasteiger partial charge in [0.05, 0.1) is 0 Å². The van der Waals surface area contributed by atoms with Crippen LogP contribution in [-0.4, -0.2) is 17.0 Å². The summed E-state index contributed by atoms with van der Waals surface area (Å²) < 4.78 is 0. The Bertz CT molecular complexity index is 651. The fourth-order valence-electron chi connectivity index (χ4n) is 3.97. The predicted molar refractivity (Wildman–Crippen MR) is 102 cm³/mol. The molecule has 0 spiro atoms. The molecule has 0 saturated carbocycles. The van der Waals surface area contributed by atoms with E-state index in [0.29, 0.717) is 0 Å². The average Bonchev–Trinajstić information content (AvgIpc) is 3.10. The molecule has 1 saturated heterocycles. The predicted octanol–water partition coefficient (Wildman–Crippen LogP) is 4.66. The van der Waals surface area contributed by atoms with E-state index in [1.165, 1.54) is 6.42 Å². The van der Waals surface area contributed by atoms with Crippen molar-refractivity contribution in [1.82, 2.24) is 0 Å². The van der Waals surface area contributed by atoms with Crippen LogP contribution in [0, 0.1) is 0 Å². The van der Waals surface area contributed by atoms with Gasteiger partial charge in [-0.2, -0.15) is 0 Å². The summed E-state index contributed by atoms with van der Waals surface area (Å²) in [6.45, 7) is 4.76. The molecule has 0 aliphatic carbocycles. The summed E-state index contributed by atoms with van der Waals surface area (Å²) in [4.78, 5) is 0. The molecular weight excluding hydrogens is 302 g/mol. The number of benzene rings is 2. The van der Waals surface area contributed by atoms with Gasteiger partial charge in [-0.05, 0) is 50.1 Å². The topological polar surface area (TPSA) is 0 Å². The number of hydrogen-bond donors (Lipinski definition) is 0. The van der Waals surface area contributed by atoms with Crippen molar-refractivity contribution < 1.29 is 0 Å². The molecular formula is C20H22P2. The number of allylic oxidation sites excluding steroid dienone is 2. The van der Waals surface area contributed by atoms with Gasteiger partial charge in [0.15, 0.2) is 0 Å². The first-order valence-electron chi connectivity index (χ1n) is 8.08. The lowest BCUT2D eigenvalue weighted by Gasteiger charge is -2.32. The Labute approximate surface area is 136 Å². The Kier molecular flexibility index (Phi) is 3.93. The summed E-state index contributed by atoms with van der Waals surface area (Å²) in [6.07, 6.45) is 1.40. The third-order valence-electron chi connectivity index (χ3n) is 5.25. The lowest BCUT2D eigenvalue weighted by Crippen LogP contribution is -2.29. The SMILES string of the molecule is CC1=C(C)[C@H]2C[C@H](P(c3ccccc3)c3ccccc3)[C@@H]1P2. The molecule has 2 bridgehead atoms. The minimum Gasteiger partial charge on any atom is -0.107 e. The summed E-state index contributed by atoms with van der Waals surface area (Å²) in [5.41, 5.74) is 5.98. The van der Waals surface area contributed by atoms with Crippen molar-refractivity contribution in [3.63, 3.8) is 0 Å². The van der Waals surface area contributed by atoms with Gasteiger partial charge in [0.2, 0.25) is 0 Å². The molecule has 0 aromatic heterocycles. The largest absolute Gasteiger partial charge is 0.107 e. The minimum absolute atomic E-state index is 0.240.